The average Bonchev–Trinajstić information content (AvgIpc) is 2.63. The van der Waals surface area contributed by atoms with E-state index in [0.29, 0.717) is 10.6 Å². The minimum Gasteiger partial charge on any atom is -0.508 e. The molecule has 0 spiro atoms. The van der Waals surface area contributed by atoms with Gasteiger partial charge in [-0.2, -0.15) is 0 Å². The first-order valence-corrected chi connectivity index (χ1v) is 8.96. The summed E-state index contributed by atoms with van der Waals surface area (Å²) in [6.45, 7) is 0. The molecule has 4 nitrogen and oxygen atoms in total. The highest BCUT2D eigenvalue weighted by Gasteiger charge is 2.32. The standard InChI is InChI=1S/C19H15O4P/c20-16-13-11-15(12-14-16)19(21)23-24(22,17-7-3-1-4-8-17)18-9-5-2-6-10-18/h1-14,20H. The van der Waals surface area contributed by atoms with Crippen molar-refractivity contribution in [3.8, 4) is 5.75 Å². The number of phenols is 1. The number of aromatic hydroxyl groups is 1. The summed E-state index contributed by atoms with van der Waals surface area (Å²) < 4.78 is 19.0. The topological polar surface area (TPSA) is 63.6 Å². The first-order chi connectivity index (χ1) is 11.6. The van der Waals surface area contributed by atoms with Gasteiger partial charge in [0.15, 0.2) is 0 Å². The fourth-order valence-electron chi connectivity index (χ4n) is 2.27. The average molecular weight is 338 g/mol. The lowest BCUT2D eigenvalue weighted by molar-refractivity contribution is 0.0747. The molecule has 0 heterocycles. The lowest BCUT2D eigenvalue weighted by Crippen LogP contribution is -2.20. The fraction of sp³-hybridized carbons (Fsp3) is 0. The lowest BCUT2D eigenvalue weighted by atomic mass is 10.2. The largest absolute Gasteiger partial charge is 0.508 e. The summed E-state index contributed by atoms with van der Waals surface area (Å²) >= 11 is 0. The van der Waals surface area contributed by atoms with E-state index < -0.39 is 13.3 Å². The van der Waals surface area contributed by atoms with E-state index in [1.165, 1.54) is 24.3 Å². The SMILES string of the molecule is O=C(OP(=O)(c1ccccc1)c1ccccc1)c1ccc(O)cc1. The van der Waals surface area contributed by atoms with Gasteiger partial charge in [0, 0.05) is 0 Å². The van der Waals surface area contributed by atoms with Crippen molar-refractivity contribution >= 4 is 23.9 Å². The van der Waals surface area contributed by atoms with Gasteiger partial charge in [0.05, 0.1) is 16.2 Å². The van der Waals surface area contributed by atoms with Crippen LogP contribution < -0.4 is 10.6 Å². The number of rotatable bonds is 4. The lowest BCUT2D eigenvalue weighted by Gasteiger charge is -2.19. The van der Waals surface area contributed by atoms with Crippen LogP contribution in [-0.2, 0) is 9.09 Å². The van der Waals surface area contributed by atoms with Crippen molar-refractivity contribution in [3.63, 3.8) is 0 Å². The van der Waals surface area contributed by atoms with Crippen molar-refractivity contribution < 1.29 is 19.0 Å². The Bertz CT molecular complexity index is 831. The van der Waals surface area contributed by atoms with Crippen molar-refractivity contribution in [3.05, 3.63) is 90.5 Å². The highest BCUT2D eigenvalue weighted by Crippen LogP contribution is 2.45. The molecule has 120 valence electrons. The number of hydrogen-bond acceptors (Lipinski definition) is 4. The zero-order valence-corrected chi connectivity index (χ0v) is 13.6. The number of phenolic OH excluding ortho intramolecular Hbond substituents is 1. The zero-order chi connectivity index (χ0) is 17.0. The van der Waals surface area contributed by atoms with Gasteiger partial charge in [-0.25, -0.2) is 4.79 Å². The molecule has 0 aliphatic rings. The van der Waals surface area contributed by atoms with Gasteiger partial charge in [-0.15, -0.1) is 0 Å². The fourth-order valence-corrected chi connectivity index (χ4v) is 4.25. The van der Waals surface area contributed by atoms with Crippen LogP contribution in [0.4, 0.5) is 0 Å². The van der Waals surface area contributed by atoms with E-state index in [4.69, 9.17) is 4.52 Å². The molecule has 3 aromatic rings. The normalized spacial score (nSPS) is 11.0. The Kier molecular flexibility index (Phi) is 4.50. The summed E-state index contributed by atoms with van der Waals surface area (Å²) in [7, 11) is -3.57. The van der Waals surface area contributed by atoms with Crippen molar-refractivity contribution in [1.82, 2.24) is 0 Å². The monoisotopic (exact) mass is 338 g/mol. The third-order valence-electron chi connectivity index (χ3n) is 3.51. The second kappa shape index (κ2) is 6.73. The second-order valence-electron chi connectivity index (χ2n) is 5.15. The van der Waals surface area contributed by atoms with Crippen molar-refractivity contribution in [2.45, 2.75) is 0 Å². The predicted octanol–water partition coefficient (Wildman–Crippen LogP) is 3.48. The van der Waals surface area contributed by atoms with Crippen LogP contribution >= 0.6 is 7.37 Å². The molecule has 0 aliphatic carbocycles. The van der Waals surface area contributed by atoms with E-state index in [9.17, 15) is 14.5 Å². The molecule has 3 aromatic carbocycles. The summed E-state index contributed by atoms with van der Waals surface area (Å²) in [5.74, 6) is -0.660. The molecule has 0 atom stereocenters. The minimum atomic E-state index is -3.57. The highest BCUT2D eigenvalue weighted by molar-refractivity contribution is 7.74. The Hall–Kier alpha value is -2.84. The van der Waals surface area contributed by atoms with E-state index >= 15 is 0 Å². The van der Waals surface area contributed by atoms with E-state index in [1.807, 2.05) is 0 Å². The van der Waals surface area contributed by atoms with Gasteiger partial charge in [-0.05, 0) is 48.5 Å². The minimum absolute atomic E-state index is 0.0425. The van der Waals surface area contributed by atoms with E-state index in [2.05, 4.69) is 0 Å². The van der Waals surface area contributed by atoms with Crippen LogP contribution in [0.5, 0.6) is 5.75 Å². The first kappa shape index (κ1) is 16.0. The summed E-state index contributed by atoms with van der Waals surface area (Å²) in [4.78, 5) is 12.4. The van der Waals surface area contributed by atoms with Gasteiger partial charge in [0.25, 0.3) is 0 Å². The van der Waals surface area contributed by atoms with Crippen LogP contribution in [0, 0.1) is 0 Å². The van der Waals surface area contributed by atoms with Crippen LogP contribution in [0.15, 0.2) is 84.9 Å². The molecule has 0 amide bonds. The molecule has 0 unspecified atom stereocenters. The van der Waals surface area contributed by atoms with Gasteiger partial charge < -0.3 is 9.63 Å². The third kappa shape index (κ3) is 3.24. The molecular formula is C19H15O4P. The summed E-state index contributed by atoms with van der Waals surface area (Å²) in [6, 6.07) is 22.9. The first-order valence-electron chi connectivity index (χ1n) is 7.34. The van der Waals surface area contributed by atoms with Gasteiger partial charge >= 0.3 is 13.3 Å². The maximum Gasteiger partial charge on any atom is 0.343 e. The third-order valence-corrected chi connectivity index (χ3v) is 5.89. The molecule has 0 saturated carbocycles. The molecule has 0 aromatic heterocycles. The van der Waals surface area contributed by atoms with E-state index in [-0.39, 0.29) is 11.3 Å². The summed E-state index contributed by atoms with van der Waals surface area (Å²) in [5.41, 5.74) is 0.222. The Labute approximate surface area is 139 Å². The van der Waals surface area contributed by atoms with Crippen LogP contribution in [0.25, 0.3) is 0 Å². The molecular weight excluding hydrogens is 323 g/mol. The quantitative estimate of drug-likeness (QED) is 0.740. The molecule has 3 rings (SSSR count). The summed E-state index contributed by atoms with van der Waals surface area (Å²) in [5, 5.41) is 10.2. The number of carbonyl (C=O) groups excluding carboxylic acids is 1. The molecule has 0 fully saturated rings. The maximum atomic E-state index is 13.6. The zero-order valence-electron chi connectivity index (χ0n) is 12.7. The smallest absolute Gasteiger partial charge is 0.343 e. The number of hydrogen-bond donors (Lipinski definition) is 1. The molecule has 0 aliphatic heterocycles. The van der Waals surface area contributed by atoms with Gasteiger partial charge in [0.2, 0.25) is 0 Å². The van der Waals surface area contributed by atoms with Crippen molar-refractivity contribution in [2.24, 2.45) is 0 Å². The highest BCUT2D eigenvalue weighted by atomic mass is 31.2. The second-order valence-corrected chi connectivity index (χ2v) is 7.47. The van der Waals surface area contributed by atoms with Crippen LogP contribution in [-0.4, -0.2) is 11.1 Å². The van der Waals surface area contributed by atoms with Gasteiger partial charge in [-0.3, -0.25) is 4.57 Å². The number of benzene rings is 3. The predicted molar refractivity (Wildman–Crippen MR) is 93.3 cm³/mol. The molecule has 5 heteroatoms. The van der Waals surface area contributed by atoms with E-state index in [1.54, 1.807) is 60.7 Å². The molecule has 0 bridgehead atoms. The van der Waals surface area contributed by atoms with Crippen LogP contribution in [0.1, 0.15) is 10.4 Å². The van der Waals surface area contributed by atoms with Gasteiger partial charge in [-0.1, -0.05) is 36.4 Å². The van der Waals surface area contributed by atoms with Crippen LogP contribution in [0.3, 0.4) is 0 Å². The Morgan fingerprint density at radius 3 is 1.67 bits per heavy atom. The molecule has 0 saturated heterocycles. The summed E-state index contributed by atoms with van der Waals surface area (Å²) in [6.07, 6.45) is 0. The van der Waals surface area contributed by atoms with E-state index in [0.717, 1.165) is 0 Å². The molecule has 24 heavy (non-hydrogen) atoms. The number of carbonyl (C=O) groups is 1. The van der Waals surface area contributed by atoms with Gasteiger partial charge in [0.1, 0.15) is 5.75 Å². The Balaban J connectivity index is 2.02. The van der Waals surface area contributed by atoms with Crippen LogP contribution in [0.2, 0.25) is 0 Å². The Morgan fingerprint density at radius 2 is 1.21 bits per heavy atom. The molecule has 0 radical (unpaired) electrons. The van der Waals surface area contributed by atoms with Crippen molar-refractivity contribution in [2.75, 3.05) is 0 Å². The Morgan fingerprint density at radius 1 is 0.750 bits per heavy atom. The van der Waals surface area contributed by atoms with Crippen molar-refractivity contribution in [1.29, 1.82) is 0 Å². The maximum absolute atomic E-state index is 13.6. The molecule has 1 N–H and O–H groups in total.